The Kier molecular flexibility index (Phi) is 1.19. The maximum Gasteiger partial charge on any atom is 0.404 e. The molecule has 0 aromatic rings. The summed E-state index contributed by atoms with van der Waals surface area (Å²) in [5.74, 6) is 0. The summed E-state index contributed by atoms with van der Waals surface area (Å²) in [6, 6.07) is 0. The van der Waals surface area contributed by atoms with Crippen LogP contribution in [-0.2, 0) is 4.74 Å². The van der Waals surface area contributed by atoms with Crippen LogP contribution in [0.15, 0.2) is 0 Å². The van der Waals surface area contributed by atoms with Crippen LogP contribution < -0.4 is 0 Å². The Bertz CT molecular complexity index is 118. The average molecular weight is 135 g/mol. The van der Waals surface area contributed by atoms with E-state index in [9.17, 15) is 4.79 Å². The van der Waals surface area contributed by atoms with Crippen LogP contribution in [0.4, 0.5) is 4.79 Å². The highest BCUT2D eigenvalue weighted by Crippen LogP contribution is 2.39. The van der Waals surface area contributed by atoms with E-state index < -0.39 is 5.43 Å². The minimum Gasteiger partial charge on any atom is -0.447 e. The van der Waals surface area contributed by atoms with Gasteiger partial charge in [0.2, 0.25) is 0 Å². The number of rotatable bonds is 1. The second-order valence-corrected chi connectivity index (χ2v) is 2.60. The van der Waals surface area contributed by atoms with Crippen molar-refractivity contribution in [3.8, 4) is 0 Å². The molecule has 0 atom stereocenters. The predicted molar refractivity (Wildman–Crippen MR) is 30.0 cm³/mol. The van der Waals surface area contributed by atoms with Crippen LogP contribution in [0.25, 0.3) is 0 Å². The van der Waals surface area contributed by atoms with Crippen molar-refractivity contribution in [2.45, 2.75) is 25.4 Å². The number of ether oxygens (including phenoxy) is 1. The molecule has 0 heterocycles. The Morgan fingerprint density at radius 1 is 1.75 bits per heavy atom. The van der Waals surface area contributed by atoms with Crippen molar-refractivity contribution in [2.75, 3.05) is 0 Å². The van der Waals surface area contributed by atoms with Crippen LogP contribution >= 0.6 is 11.6 Å². The molecule has 1 rings (SSSR count). The van der Waals surface area contributed by atoms with Crippen LogP contribution in [0.5, 0.6) is 0 Å². The predicted octanol–water partition coefficient (Wildman–Crippen LogP) is 1.91. The average Bonchev–Trinajstić information content (AvgIpc) is 2.17. The minimum absolute atomic E-state index is 0.209. The maximum absolute atomic E-state index is 10.0. The van der Waals surface area contributed by atoms with Gasteiger partial charge < -0.3 is 4.74 Å². The van der Waals surface area contributed by atoms with Gasteiger partial charge >= 0.3 is 5.43 Å². The van der Waals surface area contributed by atoms with Gasteiger partial charge in [0.05, 0.1) is 0 Å². The second-order valence-electron chi connectivity index (χ2n) is 2.29. The Balaban J connectivity index is 2.29. The van der Waals surface area contributed by atoms with Crippen molar-refractivity contribution in [3.05, 3.63) is 0 Å². The molecule has 0 radical (unpaired) electrons. The Labute approximate surface area is 52.8 Å². The number of carbonyl (C=O) groups excluding carboxylic acids is 1. The molecule has 0 amide bonds. The first kappa shape index (κ1) is 5.89. The fourth-order valence-corrected chi connectivity index (χ4v) is 0.658. The molecule has 46 valence electrons. The van der Waals surface area contributed by atoms with E-state index in [-0.39, 0.29) is 5.60 Å². The highest BCUT2D eigenvalue weighted by Gasteiger charge is 2.41. The summed E-state index contributed by atoms with van der Waals surface area (Å²) in [6.07, 6.45) is 1.90. The molecule has 0 saturated heterocycles. The van der Waals surface area contributed by atoms with Crippen LogP contribution in [0.3, 0.4) is 0 Å². The fraction of sp³-hybridized carbons (Fsp3) is 0.800. The maximum atomic E-state index is 10.0. The zero-order chi connectivity index (χ0) is 6.20. The Hall–Kier alpha value is -0.240. The summed E-state index contributed by atoms with van der Waals surface area (Å²) in [5.41, 5.74) is -0.899. The third kappa shape index (κ3) is 1.37. The summed E-state index contributed by atoms with van der Waals surface area (Å²) in [5, 5.41) is 0. The quantitative estimate of drug-likeness (QED) is 0.512. The standard InChI is InChI=1S/C5H7ClO2/c1-5(2-3-5)8-4(6)7/h2-3H2,1H3. The van der Waals surface area contributed by atoms with Crippen molar-refractivity contribution in [1.29, 1.82) is 0 Å². The van der Waals surface area contributed by atoms with Gasteiger partial charge in [0.1, 0.15) is 5.60 Å². The smallest absolute Gasteiger partial charge is 0.404 e. The van der Waals surface area contributed by atoms with Gasteiger partial charge in [-0.2, -0.15) is 0 Å². The van der Waals surface area contributed by atoms with Crippen LogP contribution in [0, 0.1) is 0 Å². The van der Waals surface area contributed by atoms with Crippen molar-refractivity contribution >= 4 is 17.0 Å². The summed E-state index contributed by atoms with van der Waals surface area (Å²) in [6.45, 7) is 1.87. The molecule has 8 heavy (non-hydrogen) atoms. The molecule has 0 aliphatic heterocycles. The zero-order valence-electron chi connectivity index (χ0n) is 4.61. The first-order valence-electron chi connectivity index (χ1n) is 2.51. The molecule has 0 spiro atoms. The third-order valence-corrected chi connectivity index (χ3v) is 1.36. The van der Waals surface area contributed by atoms with Gasteiger partial charge in [0, 0.05) is 11.6 Å². The highest BCUT2D eigenvalue weighted by molar-refractivity contribution is 6.61. The SMILES string of the molecule is CC1(OC(=O)Cl)CC1. The number of halogens is 1. The van der Waals surface area contributed by atoms with Crippen molar-refractivity contribution in [3.63, 3.8) is 0 Å². The van der Waals surface area contributed by atoms with Gasteiger partial charge in [-0.1, -0.05) is 0 Å². The molecule has 3 heteroatoms. The van der Waals surface area contributed by atoms with Gasteiger partial charge in [0.15, 0.2) is 0 Å². The highest BCUT2D eigenvalue weighted by atomic mass is 35.5. The molecular formula is C5H7ClO2. The summed E-state index contributed by atoms with van der Waals surface area (Å²) >= 11 is 4.94. The molecule has 0 N–H and O–H groups in total. The number of hydrogen-bond donors (Lipinski definition) is 0. The molecule has 1 aliphatic rings. The molecule has 0 unspecified atom stereocenters. The monoisotopic (exact) mass is 134 g/mol. The van der Waals surface area contributed by atoms with E-state index in [0.717, 1.165) is 12.8 Å². The lowest BCUT2D eigenvalue weighted by Gasteiger charge is -2.04. The van der Waals surface area contributed by atoms with E-state index in [1.54, 1.807) is 0 Å². The van der Waals surface area contributed by atoms with E-state index in [1.807, 2.05) is 6.92 Å². The van der Waals surface area contributed by atoms with E-state index >= 15 is 0 Å². The van der Waals surface area contributed by atoms with E-state index in [2.05, 4.69) is 4.74 Å². The Morgan fingerprint density at radius 2 is 2.25 bits per heavy atom. The van der Waals surface area contributed by atoms with E-state index in [0.29, 0.717) is 0 Å². The van der Waals surface area contributed by atoms with Gasteiger partial charge in [-0.05, 0) is 19.8 Å². The van der Waals surface area contributed by atoms with Crippen molar-refractivity contribution < 1.29 is 9.53 Å². The van der Waals surface area contributed by atoms with E-state index in [1.165, 1.54) is 0 Å². The first-order chi connectivity index (χ1) is 3.62. The van der Waals surface area contributed by atoms with Gasteiger partial charge in [-0.3, -0.25) is 0 Å². The fourth-order valence-electron chi connectivity index (χ4n) is 0.472. The number of carbonyl (C=O) groups is 1. The van der Waals surface area contributed by atoms with Crippen LogP contribution in [0.1, 0.15) is 19.8 Å². The van der Waals surface area contributed by atoms with Crippen LogP contribution in [-0.4, -0.2) is 11.0 Å². The van der Waals surface area contributed by atoms with Crippen molar-refractivity contribution in [2.24, 2.45) is 0 Å². The van der Waals surface area contributed by atoms with Crippen LogP contribution in [0.2, 0.25) is 0 Å². The normalized spacial score (nSPS) is 22.2. The molecule has 0 aromatic carbocycles. The Morgan fingerprint density at radius 3 is 2.38 bits per heavy atom. The lowest BCUT2D eigenvalue weighted by atomic mass is 10.4. The van der Waals surface area contributed by atoms with Gasteiger partial charge in [-0.15, -0.1) is 0 Å². The molecule has 2 nitrogen and oxygen atoms in total. The lowest BCUT2D eigenvalue weighted by Crippen LogP contribution is -2.09. The molecule has 1 aliphatic carbocycles. The molecule has 0 bridgehead atoms. The topological polar surface area (TPSA) is 26.3 Å². The third-order valence-electron chi connectivity index (χ3n) is 1.28. The molecule has 1 saturated carbocycles. The first-order valence-corrected chi connectivity index (χ1v) is 2.89. The summed E-state index contributed by atoms with van der Waals surface area (Å²) < 4.78 is 4.68. The minimum atomic E-state index is -0.690. The summed E-state index contributed by atoms with van der Waals surface area (Å²) in [4.78, 5) is 10.0. The largest absolute Gasteiger partial charge is 0.447 e. The van der Waals surface area contributed by atoms with E-state index in [4.69, 9.17) is 11.6 Å². The molecule has 0 aromatic heterocycles. The number of hydrogen-bond acceptors (Lipinski definition) is 2. The molecule has 1 fully saturated rings. The summed E-state index contributed by atoms with van der Waals surface area (Å²) in [7, 11) is 0. The van der Waals surface area contributed by atoms with Crippen molar-refractivity contribution in [1.82, 2.24) is 0 Å². The van der Waals surface area contributed by atoms with Gasteiger partial charge in [0.25, 0.3) is 0 Å². The second kappa shape index (κ2) is 1.62. The lowest BCUT2D eigenvalue weighted by molar-refractivity contribution is 0.117. The molecular weight excluding hydrogens is 128 g/mol. The van der Waals surface area contributed by atoms with Gasteiger partial charge in [-0.25, -0.2) is 4.79 Å². The zero-order valence-corrected chi connectivity index (χ0v) is 5.36.